The minimum absolute atomic E-state index is 0. The van der Waals surface area contributed by atoms with E-state index in [2.05, 4.69) is 52.5 Å². The van der Waals surface area contributed by atoms with Crippen LogP contribution >= 0.6 is 12.4 Å². The molecular formula is C21H25ClN2O. The largest absolute Gasteiger partial charge is 0.391 e. The first kappa shape index (κ1) is 18.0. The highest BCUT2D eigenvalue weighted by Gasteiger charge is 2.37. The summed E-state index contributed by atoms with van der Waals surface area (Å²) in [5.41, 5.74) is 3.43. The Hall–Kier alpha value is -1.84. The Labute approximate surface area is 156 Å². The third kappa shape index (κ3) is 4.23. The summed E-state index contributed by atoms with van der Waals surface area (Å²) in [7, 11) is 0. The van der Waals surface area contributed by atoms with Crippen molar-refractivity contribution in [2.75, 3.05) is 13.1 Å². The van der Waals surface area contributed by atoms with Crippen LogP contribution in [0.1, 0.15) is 30.4 Å². The van der Waals surface area contributed by atoms with Crippen molar-refractivity contribution in [3.8, 4) is 0 Å². The van der Waals surface area contributed by atoms with Crippen LogP contribution in [0.25, 0.3) is 0 Å². The Bertz CT molecular complexity index is 682. The number of oxime groups is 1. The molecule has 0 aliphatic carbocycles. The molecule has 0 N–H and O–H groups in total. The van der Waals surface area contributed by atoms with Crippen molar-refractivity contribution >= 4 is 18.1 Å². The lowest BCUT2D eigenvalue weighted by atomic mass is 9.80. The molecule has 0 aromatic heterocycles. The number of piperidine rings is 3. The lowest BCUT2D eigenvalue weighted by Crippen LogP contribution is -2.52. The second kappa shape index (κ2) is 8.50. The van der Waals surface area contributed by atoms with Gasteiger partial charge >= 0.3 is 0 Å². The van der Waals surface area contributed by atoms with Gasteiger partial charge in [-0.05, 0) is 43.8 Å². The molecule has 25 heavy (non-hydrogen) atoms. The predicted octanol–water partition coefficient (Wildman–Crippen LogP) is 4.51. The van der Waals surface area contributed by atoms with Gasteiger partial charge in [-0.3, -0.25) is 4.90 Å². The minimum atomic E-state index is 0. The van der Waals surface area contributed by atoms with Crippen molar-refractivity contribution in [2.24, 2.45) is 11.1 Å². The lowest BCUT2D eigenvalue weighted by molar-refractivity contribution is 0.0762. The molecule has 3 fully saturated rings. The highest BCUT2D eigenvalue weighted by molar-refractivity contribution is 6.04. The summed E-state index contributed by atoms with van der Waals surface area (Å²) < 4.78 is 0. The first-order chi connectivity index (χ1) is 11.9. The Morgan fingerprint density at radius 2 is 1.60 bits per heavy atom. The zero-order valence-electron chi connectivity index (χ0n) is 14.4. The minimum Gasteiger partial charge on any atom is -0.391 e. The summed E-state index contributed by atoms with van der Waals surface area (Å²) in [5, 5.41) is 4.61. The van der Waals surface area contributed by atoms with Gasteiger partial charge in [0, 0.05) is 5.56 Å². The quantitative estimate of drug-likeness (QED) is 0.581. The molecule has 3 saturated heterocycles. The fourth-order valence-corrected chi connectivity index (χ4v) is 3.92. The zero-order chi connectivity index (χ0) is 16.2. The molecule has 2 aromatic carbocycles. The zero-order valence-corrected chi connectivity index (χ0v) is 15.2. The van der Waals surface area contributed by atoms with Crippen molar-refractivity contribution in [3.63, 3.8) is 0 Å². The summed E-state index contributed by atoms with van der Waals surface area (Å²) in [6.45, 7) is 2.91. The van der Waals surface area contributed by atoms with Crippen LogP contribution in [0.5, 0.6) is 0 Å². The van der Waals surface area contributed by atoms with Crippen LogP contribution in [-0.2, 0) is 11.4 Å². The maximum Gasteiger partial charge on any atom is 0.142 e. The summed E-state index contributed by atoms with van der Waals surface area (Å²) in [5.74, 6) is 0.850. The maximum absolute atomic E-state index is 5.76. The molecular weight excluding hydrogens is 332 g/mol. The second-order valence-corrected chi connectivity index (χ2v) is 6.83. The standard InChI is InChI=1S/C21H24N2O.ClH/c1-3-7-18(8-4-1)16-24-22-21(19-9-5-2-6-10-19)20-15-17-11-13-23(20)14-12-17;/h1-10,17,20H,11-16H2;1H. The van der Waals surface area contributed by atoms with Crippen molar-refractivity contribution in [1.82, 2.24) is 4.90 Å². The summed E-state index contributed by atoms with van der Waals surface area (Å²) in [4.78, 5) is 8.34. The average Bonchev–Trinajstić information content (AvgIpc) is 2.68. The smallest absolute Gasteiger partial charge is 0.142 e. The summed E-state index contributed by atoms with van der Waals surface area (Å²) in [6.07, 6.45) is 3.88. The topological polar surface area (TPSA) is 24.8 Å². The van der Waals surface area contributed by atoms with Gasteiger partial charge in [-0.2, -0.15) is 0 Å². The molecule has 2 aromatic rings. The van der Waals surface area contributed by atoms with E-state index in [4.69, 9.17) is 4.84 Å². The van der Waals surface area contributed by atoms with Gasteiger partial charge in [-0.1, -0.05) is 65.8 Å². The van der Waals surface area contributed by atoms with Crippen LogP contribution in [0, 0.1) is 5.92 Å². The van der Waals surface area contributed by atoms with Gasteiger partial charge < -0.3 is 4.84 Å². The highest BCUT2D eigenvalue weighted by atomic mass is 35.5. The van der Waals surface area contributed by atoms with E-state index < -0.39 is 0 Å². The normalized spacial score (nSPS) is 25.3. The molecule has 3 aliphatic rings. The number of hydrogen-bond donors (Lipinski definition) is 0. The van der Waals surface area contributed by atoms with E-state index in [1.807, 2.05) is 18.2 Å². The summed E-state index contributed by atoms with van der Waals surface area (Å²) in [6, 6.07) is 21.1. The van der Waals surface area contributed by atoms with E-state index >= 15 is 0 Å². The lowest BCUT2D eigenvalue weighted by Gasteiger charge is -2.45. The molecule has 0 saturated carbocycles. The van der Waals surface area contributed by atoms with E-state index in [9.17, 15) is 0 Å². The van der Waals surface area contributed by atoms with Crippen LogP contribution in [0.15, 0.2) is 65.8 Å². The van der Waals surface area contributed by atoms with Crippen LogP contribution in [0.3, 0.4) is 0 Å². The fourth-order valence-electron chi connectivity index (χ4n) is 3.92. The SMILES string of the molecule is Cl.c1ccc(CON=C(c2ccccc2)C2CC3CCN2CC3)cc1. The Kier molecular flexibility index (Phi) is 6.11. The Balaban J connectivity index is 0.00000182. The van der Waals surface area contributed by atoms with Crippen molar-refractivity contribution in [3.05, 3.63) is 71.8 Å². The van der Waals surface area contributed by atoms with E-state index in [1.165, 1.54) is 37.9 Å². The second-order valence-electron chi connectivity index (χ2n) is 6.83. The molecule has 1 unspecified atom stereocenters. The molecule has 3 nitrogen and oxygen atoms in total. The van der Waals surface area contributed by atoms with Gasteiger partial charge in [0.15, 0.2) is 0 Å². The first-order valence-corrected chi connectivity index (χ1v) is 8.93. The first-order valence-electron chi connectivity index (χ1n) is 8.93. The number of fused-ring (bicyclic) bond motifs is 3. The van der Waals surface area contributed by atoms with Crippen molar-refractivity contribution in [1.29, 1.82) is 0 Å². The van der Waals surface area contributed by atoms with Crippen LogP contribution in [-0.4, -0.2) is 29.7 Å². The van der Waals surface area contributed by atoms with Crippen LogP contribution < -0.4 is 0 Å². The number of benzene rings is 2. The van der Waals surface area contributed by atoms with Gasteiger partial charge in [0.05, 0.1) is 6.04 Å². The van der Waals surface area contributed by atoms with Crippen LogP contribution in [0.4, 0.5) is 0 Å². The summed E-state index contributed by atoms with van der Waals surface area (Å²) >= 11 is 0. The molecule has 3 heterocycles. The molecule has 132 valence electrons. The van der Waals surface area contributed by atoms with Crippen molar-refractivity contribution < 1.29 is 4.84 Å². The Morgan fingerprint density at radius 1 is 0.960 bits per heavy atom. The van der Waals surface area contributed by atoms with Gasteiger partial charge in [0.2, 0.25) is 0 Å². The maximum atomic E-state index is 5.76. The third-order valence-electron chi connectivity index (χ3n) is 5.27. The van der Waals surface area contributed by atoms with E-state index in [-0.39, 0.29) is 12.4 Å². The van der Waals surface area contributed by atoms with Gasteiger partial charge in [0.1, 0.15) is 12.3 Å². The molecule has 3 aliphatic heterocycles. The van der Waals surface area contributed by atoms with E-state index in [1.54, 1.807) is 0 Å². The molecule has 2 bridgehead atoms. The van der Waals surface area contributed by atoms with Gasteiger partial charge in [-0.25, -0.2) is 0 Å². The molecule has 5 rings (SSSR count). The van der Waals surface area contributed by atoms with E-state index in [0.717, 1.165) is 17.2 Å². The fraction of sp³-hybridized carbons (Fsp3) is 0.381. The Morgan fingerprint density at radius 3 is 2.20 bits per heavy atom. The predicted molar refractivity (Wildman–Crippen MR) is 104 cm³/mol. The van der Waals surface area contributed by atoms with Gasteiger partial charge in [0.25, 0.3) is 0 Å². The number of rotatable bonds is 5. The number of halogens is 1. The number of hydrogen-bond acceptors (Lipinski definition) is 3. The van der Waals surface area contributed by atoms with Crippen LogP contribution in [0.2, 0.25) is 0 Å². The number of nitrogens with zero attached hydrogens (tertiary/aromatic N) is 2. The van der Waals surface area contributed by atoms with Gasteiger partial charge in [-0.15, -0.1) is 12.4 Å². The third-order valence-corrected chi connectivity index (χ3v) is 5.27. The monoisotopic (exact) mass is 356 g/mol. The van der Waals surface area contributed by atoms with E-state index in [0.29, 0.717) is 12.6 Å². The highest BCUT2D eigenvalue weighted by Crippen LogP contribution is 2.33. The molecule has 1 atom stereocenters. The average molecular weight is 357 g/mol. The molecule has 0 radical (unpaired) electrons. The molecule has 0 spiro atoms. The van der Waals surface area contributed by atoms with Crippen molar-refractivity contribution in [2.45, 2.75) is 31.9 Å². The molecule has 4 heteroatoms. The molecule has 0 amide bonds.